The van der Waals surface area contributed by atoms with E-state index in [1.165, 1.54) is 0 Å². The van der Waals surface area contributed by atoms with Gasteiger partial charge in [-0.05, 0) is 43.3 Å². The minimum Gasteiger partial charge on any atom is -0.354 e. The molecule has 1 amide bonds. The molecule has 0 unspecified atom stereocenters. The molecule has 0 aliphatic carbocycles. The molecule has 2 aromatic heterocycles. The van der Waals surface area contributed by atoms with Crippen LogP contribution in [0.15, 0.2) is 48.7 Å². The highest BCUT2D eigenvalue weighted by atomic mass is 16.1. The summed E-state index contributed by atoms with van der Waals surface area (Å²) in [6.07, 6.45) is 1.75. The molecule has 0 atom stereocenters. The van der Waals surface area contributed by atoms with E-state index in [4.69, 9.17) is 0 Å². The molecule has 0 radical (unpaired) electrons. The number of nitrogens with one attached hydrogen (secondary N) is 1. The zero-order valence-electron chi connectivity index (χ0n) is 14.0. The zero-order chi connectivity index (χ0) is 17.2. The summed E-state index contributed by atoms with van der Waals surface area (Å²) in [5.74, 6) is 1.30. The molecule has 1 saturated heterocycles. The molecule has 0 spiro atoms. The maximum absolute atomic E-state index is 12.4. The van der Waals surface area contributed by atoms with Gasteiger partial charge in [-0.25, -0.2) is 0 Å². The van der Waals surface area contributed by atoms with Gasteiger partial charge >= 0.3 is 0 Å². The molecule has 25 heavy (non-hydrogen) atoms. The largest absolute Gasteiger partial charge is 0.354 e. The SMILES string of the molecule is Cc1ccc(N2CC(CNC(=O)c3ccc4ncccc4c3)C2)nn1. The van der Waals surface area contributed by atoms with E-state index in [-0.39, 0.29) is 5.91 Å². The Labute approximate surface area is 145 Å². The molecule has 0 saturated carbocycles. The van der Waals surface area contributed by atoms with E-state index in [1.807, 2.05) is 49.4 Å². The van der Waals surface area contributed by atoms with Crippen molar-refractivity contribution in [3.63, 3.8) is 0 Å². The third kappa shape index (κ3) is 3.28. The summed E-state index contributed by atoms with van der Waals surface area (Å²) in [6.45, 7) is 4.37. The van der Waals surface area contributed by atoms with Crippen molar-refractivity contribution in [3.8, 4) is 0 Å². The van der Waals surface area contributed by atoms with Gasteiger partial charge in [0, 0.05) is 42.7 Å². The molecule has 126 valence electrons. The zero-order valence-corrected chi connectivity index (χ0v) is 14.0. The van der Waals surface area contributed by atoms with Crippen LogP contribution in [0.3, 0.4) is 0 Å². The first-order valence-corrected chi connectivity index (χ1v) is 8.37. The van der Waals surface area contributed by atoms with E-state index in [9.17, 15) is 4.79 Å². The van der Waals surface area contributed by atoms with Gasteiger partial charge in [0.15, 0.2) is 5.82 Å². The lowest BCUT2D eigenvalue weighted by Crippen LogP contribution is -2.51. The molecule has 1 aromatic carbocycles. The minimum absolute atomic E-state index is 0.0423. The number of rotatable bonds is 4. The Bertz CT molecular complexity index is 903. The van der Waals surface area contributed by atoms with Crippen molar-refractivity contribution < 1.29 is 4.79 Å². The van der Waals surface area contributed by atoms with E-state index in [1.54, 1.807) is 6.20 Å². The second-order valence-electron chi connectivity index (χ2n) is 6.42. The number of anilines is 1. The van der Waals surface area contributed by atoms with Gasteiger partial charge < -0.3 is 10.2 Å². The number of benzene rings is 1. The number of amides is 1. The highest BCUT2D eigenvalue weighted by Crippen LogP contribution is 2.21. The Morgan fingerprint density at radius 3 is 2.88 bits per heavy atom. The Kier molecular flexibility index (Phi) is 4.01. The number of aryl methyl sites for hydroxylation is 1. The average Bonchev–Trinajstić information content (AvgIpc) is 2.61. The van der Waals surface area contributed by atoms with Crippen molar-refractivity contribution in [2.45, 2.75) is 6.92 Å². The number of hydrogen-bond donors (Lipinski definition) is 1. The highest BCUT2D eigenvalue weighted by Gasteiger charge is 2.28. The molecule has 6 nitrogen and oxygen atoms in total. The van der Waals surface area contributed by atoms with Gasteiger partial charge in [0.05, 0.1) is 11.2 Å². The third-order valence-corrected chi connectivity index (χ3v) is 4.48. The van der Waals surface area contributed by atoms with Crippen LogP contribution in [0, 0.1) is 12.8 Å². The van der Waals surface area contributed by atoms with Crippen LogP contribution in [0.1, 0.15) is 16.1 Å². The van der Waals surface area contributed by atoms with E-state index < -0.39 is 0 Å². The predicted octanol–water partition coefficient (Wildman–Crippen LogP) is 2.20. The van der Waals surface area contributed by atoms with E-state index >= 15 is 0 Å². The summed E-state index contributed by atoms with van der Waals surface area (Å²) in [4.78, 5) is 18.8. The van der Waals surface area contributed by atoms with Crippen LogP contribution in [-0.4, -0.2) is 40.7 Å². The van der Waals surface area contributed by atoms with Crippen LogP contribution in [0.25, 0.3) is 10.9 Å². The number of nitrogens with zero attached hydrogens (tertiary/aromatic N) is 4. The molecule has 1 aliphatic rings. The van der Waals surface area contributed by atoms with Crippen molar-refractivity contribution in [2.24, 2.45) is 5.92 Å². The second-order valence-corrected chi connectivity index (χ2v) is 6.42. The summed E-state index contributed by atoms with van der Waals surface area (Å²) < 4.78 is 0. The van der Waals surface area contributed by atoms with Crippen molar-refractivity contribution in [3.05, 3.63) is 59.9 Å². The topological polar surface area (TPSA) is 71.0 Å². The third-order valence-electron chi connectivity index (χ3n) is 4.48. The monoisotopic (exact) mass is 333 g/mol. The molecular formula is C19H19N5O. The van der Waals surface area contributed by atoms with E-state index in [0.29, 0.717) is 18.0 Å². The standard InChI is InChI=1S/C19H19N5O/c1-13-4-7-18(23-22-13)24-11-14(12-24)10-21-19(25)16-5-6-17-15(9-16)3-2-8-20-17/h2-9,14H,10-12H2,1H3,(H,21,25). The maximum atomic E-state index is 12.4. The Balaban J connectivity index is 1.31. The number of carbonyl (C=O) groups is 1. The van der Waals surface area contributed by atoms with E-state index in [2.05, 4.69) is 25.4 Å². The Morgan fingerprint density at radius 1 is 1.20 bits per heavy atom. The average molecular weight is 333 g/mol. The lowest BCUT2D eigenvalue weighted by atomic mass is 10.00. The van der Waals surface area contributed by atoms with Gasteiger partial charge in [-0.1, -0.05) is 6.07 Å². The van der Waals surface area contributed by atoms with Crippen molar-refractivity contribution in [2.75, 3.05) is 24.5 Å². The fourth-order valence-corrected chi connectivity index (χ4v) is 3.00. The molecule has 6 heteroatoms. The van der Waals surface area contributed by atoms with Crippen LogP contribution in [0.2, 0.25) is 0 Å². The normalized spacial score (nSPS) is 14.4. The Morgan fingerprint density at radius 2 is 2.08 bits per heavy atom. The van der Waals surface area contributed by atoms with Crippen LogP contribution in [0.4, 0.5) is 5.82 Å². The second kappa shape index (κ2) is 6.47. The molecule has 0 bridgehead atoms. The van der Waals surface area contributed by atoms with Crippen LogP contribution in [0.5, 0.6) is 0 Å². The summed E-state index contributed by atoms with van der Waals surface area (Å²) in [6, 6.07) is 13.4. The van der Waals surface area contributed by atoms with Crippen molar-refractivity contribution in [1.29, 1.82) is 0 Å². The molecular weight excluding hydrogens is 314 g/mol. The molecule has 1 N–H and O–H groups in total. The first kappa shape index (κ1) is 15.5. The predicted molar refractivity (Wildman–Crippen MR) is 96.5 cm³/mol. The van der Waals surface area contributed by atoms with Gasteiger partial charge in [-0.15, -0.1) is 5.10 Å². The van der Waals surface area contributed by atoms with Gasteiger partial charge in [-0.3, -0.25) is 9.78 Å². The van der Waals surface area contributed by atoms with Gasteiger partial charge in [0.25, 0.3) is 5.91 Å². The molecule has 1 aliphatic heterocycles. The van der Waals surface area contributed by atoms with Crippen LogP contribution >= 0.6 is 0 Å². The smallest absolute Gasteiger partial charge is 0.251 e. The molecule has 3 aromatic rings. The fourth-order valence-electron chi connectivity index (χ4n) is 3.00. The van der Waals surface area contributed by atoms with Crippen molar-refractivity contribution >= 4 is 22.6 Å². The lowest BCUT2D eigenvalue weighted by Gasteiger charge is -2.39. The van der Waals surface area contributed by atoms with Crippen LogP contribution in [-0.2, 0) is 0 Å². The van der Waals surface area contributed by atoms with Gasteiger partial charge in [-0.2, -0.15) is 5.10 Å². The summed E-state index contributed by atoms with van der Waals surface area (Å²) in [5.41, 5.74) is 2.48. The number of pyridine rings is 1. The quantitative estimate of drug-likeness (QED) is 0.792. The summed E-state index contributed by atoms with van der Waals surface area (Å²) >= 11 is 0. The molecule has 3 heterocycles. The molecule has 1 fully saturated rings. The number of aromatic nitrogens is 3. The highest BCUT2D eigenvalue weighted by molar-refractivity contribution is 5.97. The Hall–Kier alpha value is -3.02. The molecule has 4 rings (SSSR count). The first-order chi connectivity index (χ1) is 12.2. The first-order valence-electron chi connectivity index (χ1n) is 8.37. The maximum Gasteiger partial charge on any atom is 0.251 e. The van der Waals surface area contributed by atoms with Crippen LogP contribution < -0.4 is 10.2 Å². The number of hydrogen-bond acceptors (Lipinski definition) is 5. The lowest BCUT2D eigenvalue weighted by molar-refractivity contribution is 0.0944. The minimum atomic E-state index is -0.0423. The van der Waals surface area contributed by atoms with Gasteiger partial charge in [0.1, 0.15) is 0 Å². The number of fused-ring (bicyclic) bond motifs is 1. The van der Waals surface area contributed by atoms with Crippen molar-refractivity contribution in [1.82, 2.24) is 20.5 Å². The fraction of sp³-hybridized carbons (Fsp3) is 0.263. The van der Waals surface area contributed by atoms with Gasteiger partial charge in [0.2, 0.25) is 0 Å². The summed E-state index contributed by atoms with van der Waals surface area (Å²) in [7, 11) is 0. The number of carbonyl (C=O) groups excluding carboxylic acids is 1. The summed E-state index contributed by atoms with van der Waals surface area (Å²) in [5, 5.41) is 12.3. The van der Waals surface area contributed by atoms with E-state index in [0.717, 1.165) is 35.5 Å².